The van der Waals surface area contributed by atoms with Crippen molar-refractivity contribution in [1.29, 1.82) is 0 Å². The lowest BCUT2D eigenvalue weighted by Crippen LogP contribution is -2.37. The Labute approximate surface area is 412 Å². The lowest BCUT2D eigenvalue weighted by molar-refractivity contribution is 0.590. The molecule has 346 valence electrons. The van der Waals surface area contributed by atoms with Crippen LogP contribution >= 0.6 is 0 Å². The molecule has 0 aliphatic heterocycles. The van der Waals surface area contributed by atoms with Gasteiger partial charge in [-0.25, -0.2) is 0 Å². The molecule has 12 aromatic rings. The first kappa shape index (κ1) is 43.9. The molecule has 2 heterocycles. The Morgan fingerprint density at radius 1 is 0.400 bits per heavy atom. The summed E-state index contributed by atoms with van der Waals surface area (Å²) in [4.78, 5) is 4.94. The van der Waals surface area contributed by atoms with Crippen molar-refractivity contribution in [1.82, 2.24) is 0 Å². The van der Waals surface area contributed by atoms with Crippen LogP contribution < -0.4 is 15.0 Å². The zero-order chi connectivity index (χ0) is 48.4. The molecule has 5 heteroatoms. The van der Waals surface area contributed by atoms with Crippen LogP contribution in [-0.4, -0.2) is 8.07 Å². The number of nitrogens with zero attached hydrogens (tertiary/aromatic N) is 2. The van der Waals surface area contributed by atoms with Crippen molar-refractivity contribution in [3.05, 3.63) is 187 Å². The summed E-state index contributed by atoms with van der Waals surface area (Å²) in [5, 5.41) is 13.4. The maximum atomic E-state index is 6.88. The van der Waals surface area contributed by atoms with Gasteiger partial charge in [-0.2, -0.15) is 0 Å². The molecular formula is C65H60N2O2Si. The maximum absolute atomic E-state index is 6.88. The van der Waals surface area contributed by atoms with E-state index in [4.69, 9.17) is 8.83 Å². The number of fused-ring (bicyclic) bond motifs is 6. The summed E-state index contributed by atoms with van der Waals surface area (Å²) in [6.07, 6.45) is 0. The monoisotopic (exact) mass is 928 g/mol. The lowest BCUT2D eigenvalue weighted by Gasteiger charge is -2.32. The average molecular weight is 929 g/mol. The first-order chi connectivity index (χ1) is 33.7. The molecular weight excluding hydrogens is 869 g/mol. The Hall–Kier alpha value is -7.34. The highest BCUT2D eigenvalue weighted by molar-refractivity contribution is 6.88. The molecule has 0 atom stereocenters. The van der Waals surface area contributed by atoms with Gasteiger partial charge >= 0.3 is 0 Å². The Morgan fingerprint density at radius 3 is 1.21 bits per heavy atom. The van der Waals surface area contributed by atoms with Gasteiger partial charge in [0.15, 0.2) is 11.2 Å². The molecule has 0 aliphatic rings. The molecule has 4 nitrogen and oxygen atoms in total. The van der Waals surface area contributed by atoms with Crippen molar-refractivity contribution in [3.63, 3.8) is 0 Å². The number of para-hydroxylation sites is 4. The van der Waals surface area contributed by atoms with Crippen molar-refractivity contribution < 1.29 is 8.83 Å². The zero-order valence-electron chi connectivity index (χ0n) is 42.0. The van der Waals surface area contributed by atoms with Crippen LogP contribution in [0.15, 0.2) is 179 Å². The van der Waals surface area contributed by atoms with Gasteiger partial charge in [-0.15, -0.1) is 0 Å². The van der Waals surface area contributed by atoms with E-state index in [-0.39, 0.29) is 17.3 Å². The third-order valence-electron chi connectivity index (χ3n) is 14.9. The Bertz CT molecular complexity index is 3710. The van der Waals surface area contributed by atoms with Gasteiger partial charge in [0.25, 0.3) is 0 Å². The summed E-state index contributed by atoms with van der Waals surface area (Å²) in [7, 11) is -1.59. The Morgan fingerprint density at radius 2 is 0.800 bits per heavy atom. The third kappa shape index (κ3) is 6.92. The number of hydrogen-bond donors (Lipinski definition) is 0. The number of anilines is 6. The van der Waals surface area contributed by atoms with E-state index < -0.39 is 8.07 Å². The van der Waals surface area contributed by atoms with Crippen LogP contribution in [0.2, 0.25) is 19.6 Å². The van der Waals surface area contributed by atoms with E-state index >= 15 is 0 Å². The molecule has 0 amide bonds. The van der Waals surface area contributed by atoms with Crippen molar-refractivity contribution in [2.45, 2.75) is 85.4 Å². The second-order valence-electron chi connectivity index (χ2n) is 22.1. The highest BCUT2D eigenvalue weighted by Gasteiger charge is 2.29. The van der Waals surface area contributed by atoms with Crippen LogP contribution in [0.1, 0.15) is 77.0 Å². The van der Waals surface area contributed by atoms with Crippen LogP contribution in [-0.2, 0) is 5.41 Å². The van der Waals surface area contributed by atoms with Gasteiger partial charge in [0.1, 0.15) is 11.2 Å². The summed E-state index contributed by atoms with van der Waals surface area (Å²) in [6.45, 7) is 23.5. The molecule has 0 unspecified atom stereocenters. The summed E-state index contributed by atoms with van der Waals surface area (Å²) in [6, 6.07) is 63.2. The van der Waals surface area contributed by atoms with Crippen LogP contribution in [0.3, 0.4) is 0 Å². The number of rotatable bonds is 9. The molecule has 12 rings (SSSR count). The van der Waals surface area contributed by atoms with Gasteiger partial charge in [0.05, 0.1) is 30.8 Å². The van der Waals surface area contributed by atoms with Crippen LogP contribution in [0.4, 0.5) is 34.1 Å². The van der Waals surface area contributed by atoms with Crippen molar-refractivity contribution in [2.24, 2.45) is 0 Å². The highest BCUT2D eigenvalue weighted by Crippen LogP contribution is 2.53. The summed E-state index contributed by atoms with van der Waals surface area (Å²) < 4.78 is 13.8. The summed E-state index contributed by atoms with van der Waals surface area (Å²) in [5.74, 6) is 0.487. The molecule has 0 radical (unpaired) electrons. The minimum Gasteiger partial charge on any atom is -0.454 e. The normalized spacial score (nSPS) is 12.7. The maximum Gasteiger partial charge on any atom is 0.159 e. The molecule has 0 aliphatic carbocycles. The van der Waals surface area contributed by atoms with Crippen molar-refractivity contribution in [3.8, 4) is 0 Å². The van der Waals surface area contributed by atoms with Gasteiger partial charge in [-0.1, -0.05) is 182 Å². The quantitative estimate of drug-likeness (QED) is 0.107. The first-order valence-electron chi connectivity index (χ1n) is 25.1. The number of furan rings is 2. The van der Waals surface area contributed by atoms with Crippen LogP contribution in [0.25, 0.3) is 76.2 Å². The number of benzene rings is 10. The second-order valence-corrected chi connectivity index (χ2v) is 27.2. The Balaban J connectivity index is 1.20. The summed E-state index contributed by atoms with van der Waals surface area (Å²) >= 11 is 0. The Kier molecular flexibility index (Phi) is 10.1. The zero-order valence-corrected chi connectivity index (χ0v) is 43.0. The minimum absolute atomic E-state index is 0.00588. The fraction of sp³-hybridized carbons (Fsp3) is 0.200. The van der Waals surface area contributed by atoms with E-state index in [0.717, 1.165) is 78.0 Å². The van der Waals surface area contributed by atoms with E-state index in [1.165, 1.54) is 54.2 Å². The molecule has 0 bridgehead atoms. The van der Waals surface area contributed by atoms with Gasteiger partial charge in [0, 0.05) is 43.7 Å². The van der Waals surface area contributed by atoms with Gasteiger partial charge in [-0.3, -0.25) is 0 Å². The van der Waals surface area contributed by atoms with E-state index in [0.29, 0.717) is 0 Å². The van der Waals surface area contributed by atoms with Crippen molar-refractivity contribution in [2.75, 3.05) is 9.80 Å². The summed E-state index contributed by atoms with van der Waals surface area (Å²) in [5.41, 5.74) is 13.9. The highest BCUT2D eigenvalue weighted by atomic mass is 28.3. The van der Waals surface area contributed by atoms with Crippen LogP contribution in [0, 0.1) is 0 Å². The second kappa shape index (κ2) is 16.1. The molecule has 0 fully saturated rings. The van der Waals surface area contributed by atoms with E-state index in [9.17, 15) is 0 Å². The van der Waals surface area contributed by atoms with E-state index in [2.05, 4.69) is 248 Å². The number of hydrogen-bond acceptors (Lipinski definition) is 4. The van der Waals surface area contributed by atoms with Crippen molar-refractivity contribution >= 4 is 124 Å². The van der Waals surface area contributed by atoms with Crippen LogP contribution in [0.5, 0.6) is 0 Å². The predicted molar refractivity (Wildman–Crippen MR) is 304 cm³/mol. The smallest absolute Gasteiger partial charge is 0.159 e. The molecule has 0 spiro atoms. The molecule has 0 saturated carbocycles. The van der Waals surface area contributed by atoms with Gasteiger partial charge in [-0.05, 0) is 116 Å². The van der Waals surface area contributed by atoms with E-state index in [1.807, 2.05) is 0 Å². The SMILES string of the molecule is CC(C)c1cc(N(c2ccc(C(C)(C)C)cc2)c2cccc3c2oc2ccccc23)c2ccc3c(C(C)C)cc(N(c4ccc([Si](C)(C)C)cc4)c4cccc5c4oc4ccccc45)c4ccc1c2c34. The minimum atomic E-state index is -1.59. The fourth-order valence-electron chi connectivity index (χ4n) is 11.2. The first-order valence-corrected chi connectivity index (χ1v) is 28.6. The topological polar surface area (TPSA) is 32.8 Å². The average Bonchev–Trinajstić information content (AvgIpc) is 3.93. The predicted octanol–water partition coefficient (Wildman–Crippen LogP) is 19.4. The molecule has 0 N–H and O–H groups in total. The van der Waals surface area contributed by atoms with Gasteiger partial charge in [0.2, 0.25) is 0 Å². The molecule has 10 aromatic carbocycles. The largest absolute Gasteiger partial charge is 0.454 e. The fourth-order valence-corrected chi connectivity index (χ4v) is 12.4. The third-order valence-corrected chi connectivity index (χ3v) is 16.9. The van der Waals surface area contributed by atoms with E-state index in [1.54, 1.807) is 0 Å². The molecule has 2 aromatic heterocycles. The standard InChI is InChI=1S/C65H60N2O2Si/c1-39(2)53-37-57(66(42-27-25-41(26-28-42)65(5,6)7)55-21-15-19-49-45-17-11-13-23-59(45)68-63(49)55)51-35-33-48-54(40(3)4)38-58(52-36-34-47(53)61(51)62(48)52)67(43-29-31-44(32-30-43)70(8,9)10)56-22-16-20-50-46-18-12-14-24-60(46)69-64(50)56/h11-40H,1-10H3. The molecule has 70 heavy (non-hydrogen) atoms. The molecule has 0 saturated heterocycles. The lowest BCUT2D eigenvalue weighted by atomic mass is 9.84. The van der Waals surface area contributed by atoms with Gasteiger partial charge < -0.3 is 18.6 Å².